The summed E-state index contributed by atoms with van der Waals surface area (Å²) in [6.07, 6.45) is 0. The van der Waals surface area contributed by atoms with Crippen LogP contribution in [0.2, 0.25) is 0 Å². The summed E-state index contributed by atoms with van der Waals surface area (Å²) in [5.74, 6) is -3.28. The number of anilines is 1. The van der Waals surface area contributed by atoms with Crippen LogP contribution in [0.25, 0.3) is 0 Å². The Morgan fingerprint density at radius 1 is 1.10 bits per heavy atom. The van der Waals surface area contributed by atoms with Gasteiger partial charge in [-0.15, -0.1) is 0 Å². The van der Waals surface area contributed by atoms with E-state index in [2.05, 4.69) is 0 Å². The number of rotatable bonds is 4. The molecule has 0 saturated heterocycles. The summed E-state index contributed by atoms with van der Waals surface area (Å²) in [4.78, 5) is 10.3. The molecule has 0 radical (unpaired) electrons. The van der Waals surface area contributed by atoms with E-state index in [0.29, 0.717) is 0 Å². The molecule has 0 saturated carbocycles. The number of aromatic carboxylic acids is 1. The predicted octanol–water partition coefficient (Wildman–Crippen LogP) is 2.46. The highest BCUT2D eigenvalue weighted by molar-refractivity contribution is 7.92. The van der Waals surface area contributed by atoms with Crippen LogP contribution >= 0.6 is 0 Å². The molecule has 8 heteroatoms. The van der Waals surface area contributed by atoms with E-state index in [1.54, 1.807) is 0 Å². The van der Waals surface area contributed by atoms with Crippen molar-refractivity contribution in [2.45, 2.75) is 4.90 Å². The zero-order chi connectivity index (χ0) is 15.6. The van der Waals surface area contributed by atoms with Gasteiger partial charge in [0.2, 0.25) is 0 Å². The van der Waals surface area contributed by atoms with Gasteiger partial charge in [-0.2, -0.15) is 0 Å². The Morgan fingerprint density at radius 3 is 2.38 bits per heavy atom. The molecule has 0 spiro atoms. The summed E-state index contributed by atoms with van der Waals surface area (Å²) in [5.41, 5.74) is -0.745. The van der Waals surface area contributed by atoms with Crippen LogP contribution in [-0.4, -0.2) is 19.5 Å². The normalized spacial score (nSPS) is 11.1. The van der Waals surface area contributed by atoms with Gasteiger partial charge in [0.15, 0.2) is 0 Å². The van der Waals surface area contributed by atoms with Crippen molar-refractivity contribution in [1.29, 1.82) is 0 Å². The van der Waals surface area contributed by atoms with Gasteiger partial charge in [0.1, 0.15) is 11.6 Å². The quantitative estimate of drug-likeness (QED) is 0.908. The maximum atomic E-state index is 13.5. The predicted molar refractivity (Wildman–Crippen MR) is 70.6 cm³/mol. The number of benzene rings is 2. The number of carboxylic acid groups (broad SMARTS) is 1. The molecular weight excluding hydrogens is 304 g/mol. The first kappa shape index (κ1) is 14.9. The van der Waals surface area contributed by atoms with Crippen LogP contribution in [-0.2, 0) is 10.0 Å². The van der Waals surface area contributed by atoms with Gasteiger partial charge < -0.3 is 5.11 Å². The first-order valence-electron chi connectivity index (χ1n) is 5.61. The molecule has 21 heavy (non-hydrogen) atoms. The molecule has 0 aliphatic carbocycles. The van der Waals surface area contributed by atoms with Gasteiger partial charge in [0, 0.05) is 0 Å². The fourth-order valence-electron chi connectivity index (χ4n) is 1.60. The maximum absolute atomic E-state index is 13.5. The molecule has 2 rings (SSSR count). The first-order chi connectivity index (χ1) is 9.79. The largest absolute Gasteiger partial charge is 0.478 e. The summed E-state index contributed by atoms with van der Waals surface area (Å²) in [7, 11) is -4.09. The number of carbonyl (C=O) groups is 1. The van der Waals surface area contributed by atoms with Crippen molar-refractivity contribution >= 4 is 21.7 Å². The van der Waals surface area contributed by atoms with Crippen molar-refractivity contribution < 1.29 is 27.1 Å². The molecule has 2 aromatic rings. The van der Waals surface area contributed by atoms with Gasteiger partial charge in [-0.3, -0.25) is 4.72 Å². The van der Waals surface area contributed by atoms with Crippen molar-refractivity contribution in [3.05, 3.63) is 59.7 Å². The highest BCUT2D eigenvalue weighted by Gasteiger charge is 2.17. The number of nitrogens with one attached hydrogen (secondary N) is 1. The van der Waals surface area contributed by atoms with E-state index in [-0.39, 0.29) is 10.6 Å². The van der Waals surface area contributed by atoms with E-state index < -0.39 is 33.2 Å². The topological polar surface area (TPSA) is 83.5 Å². The van der Waals surface area contributed by atoms with E-state index in [4.69, 9.17) is 5.11 Å². The van der Waals surface area contributed by atoms with E-state index in [1.165, 1.54) is 12.1 Å². The second-order valence-electron chi connectivity index (χ2n) is 4.06. The number of hydrogen-bond acceptors (Lipinski definition) is 3. The third-order valence-corrected chi connectivity index (χ3v) is 3.94. The van der Waals surface area contributed by atoms with Crippen molar-refractivity contribution in [3.8, 4) is 0 Å². The Bertz CT molecular complexity index is 806. The number of hydrogen-bond donors (Lipinski definition) is 2. The lowest BCUT2D eigenvalue weighted by Crippen LogP contribution is -2.13. The Balaban J connectivity index is 2.33. The van der Waals surface area contributed by atoms with Crippen LogP contribution in [0.4, 0.5) is 14.5 Å². The minimum absolute atomic E-state index is 0.165. The van der Waals surface area contributed by atoms with Gasteiger partial charge in [-0.25, -0.2) is 22.0 Å². The van der Waals surface area contributed by atoms with Gasteiger partial charge in [-0.05, 0) is 36.4 Å². The average molecular weight is 313 g/mol. The molecule has 0 aliphatic heterocycles. The van der Waals surface area contributed by atoms with Crippen molar-refractivity contribution in [2.24, 2.45) is 0 Å². The second kappa shape index (κ2) is 5.49. The molecule has 5 nitrogen and oxygen atoms in total. The number of carboxylic acids is 1. The smallest absolute Gasteiger partial charge is 0.338 e. The molecule has 110 valence electrons. The van der Waals surface area contributed by atoms with Gasteiger partial charge in [-0.1, -0.05) is 6.07 Å². The molecule has 2 N–H and O–H groups in total. The van der Waals surface area contributed by atoms with Crippen molar-refractivity contribution in [2.75, 3.05) is 4.72 Å². The zero-order valence-electron chi connectivity index (χ0n) is 10.4. The zero-order valence-corrected chi connectivity index (χ0v) is 11.2. The lowest BCUT2D eigenvalue weighted by Gasteiger charge is -2.09. The Kier molecular flexibility index (Phi) is 3.90. The first-order valence-corrected chi connectivity index (χ1v) is 7.09. The second-order valence-corrected chi connectivity index (χ2v) is 5.75. The Morgan fingerprint density at radius 2 is 1.81 bits per heavy atom. The van der Waals surface area contributed by atoms with E-state index in [9.17, 15) is 22.0 Å². The summed E-state index contributed by atoms with van der Waals surface area (Å²) in [6.45, 7) is 0. The highest BCUT2D eigenvalue weighted by Crippen LogP contribution is 2.19. The summed E-state index contributed by atoms with van der Waals surface area (Å²) < 4.78 is 52.5. The molecule has 0 bridgehead atoms. The molecule has 0 amide bonds. The minimum atomic E-state index is -4.09. The SMILES string of the molecule is O=C(O)c1ccc(NS(=O)(=O)c2cccc(F)c2)cc1F. The maximum Gasteiger partial charge on any atom is 0.338 e. The van der Waals surface area contributed by atoms with Crippen molar-refractivity contribution in [1.82, 2.24) is 0 Å². The summed E-state index contributed by atoms with van der Waals surface area (Å²) >= 11 is 0. The van der Waals surface area contributed by atoms with E-state index in [0.717, 1.165) is 30.3 Å². The molecule has 0 fully saturated rings. The molecule has 0 atom stereocenters. The fraction of sp³-hybridized carbons (Fsp3) is 0. The highest BCUT2D eigenvalue weighted by atomic mass is 32.2. The Hall–Kier alpha value is -2.48. The van der Waals surface area contributed by atoms with E-state index in [1.807, 2.05) is 4.72 Å². The van der Waals surface area contributed by atoms with Gasteiger partial charge in [0.25, 0.3) is 10.0 Å². The van der Waals surface area contributed by atoms with Crippen LogP contribution < -0.4 is 4.72 Å². The Labute approximate surface area is 118 Å². The molecule has 2 aromatic carbocycles. The van der Waals surface area contributed by atoms with Crippen LogP contribution in [0.1, 0.15) is 10.4 Å². The van der Waals surface area contributed by atoms with Gasteiger partial charge >= 0.3 is 5.97 Å². The molecular formula is C13H9F2NO4S. The summed E-state index contributed by atoms with van der Waals surface area (Å²) in [5, 5.41) is 8.68. The lowest BCUT2D eigenvalue weighted by molar-refractivity contribution is 0.0692. The number of sulfonamides is 1. The van der Waals surface area contributed by atoms with Crippen LogP contribution in [0, 0.1) is 11.6 Å². The molecule has 0 heterocycles. The minimum Gasteiger partial charge on any atom is -0.478 e. The monoisotopic (exact) mass is 313 g/mol. The van der Waals surface area contributed by atoms with Crippen LogP contribution in [0.5, 0.6) is 0 Å². The molecule has 0 aliphatic rings. The third-order valence-electron chi connectivity index (χ3n) is 2.56. The summed E-state index contributed by atoms with van der Waals surface area (Å²) in [6, 6.07) is 7.06. The number of halogens is 2. The average Bonchev–Trinajstić information content (AvgIpc) is 2.37. The lowest BCUT2D eigenvalue weighted by atomic mass is 10.2. The van der Waals surface area contributed by atoms with Gasteiger partial charge in [0.05, 0.1) is 16.1 Å². The van der Waals surface area contributed by atoms with E-state index >= 15 is 0 Å². The standard InChI is InChI=1S/C13H9F2NO4S/c14-8-2-1-3-10(6-8)21(19,20)16-9-4-5-11(13(17)18)12(15)7-9/h1-7,16H,(H,17,18). The van der Waals surface area contributed by atoms with Crippen molar-refractivity contribution in [3.63, 3.8) is 0 Å². The van der Waals surface area contributed by atoms with Crippen LogP contribution in [0.3, 0.4) is 0 Å². The third kappa shape index (κ3) is 3.34. The molecule has 0 unspecified atom stereocenters. The van der Waals surface area contributed by atoms with Crippen LogP contribution in [0.15, 0.2) is 47.4 Å². The molecule has 0 aromatic heterocycles. The fourth-order valence-corrected chi connectivity index (χ4v) is 2.68.